The highest BCUT2D eigenvalue weighted by Crippen LogP contribution is 2.28. The second-order valence-corrected chi connectivity index (χ2v) is 5.99. The van der Waals surface area contributed by atoms with Gasteiger partial charge in [-0.25, -0.2) is 0 Å². The minimum atomic E-state index is 0.180. The Morgan fingerprint density at radius 3 is 2.67 bits per heavy atom. The smallest absolute Gasteiger partial charge is 0.122 e. The minimum absolute atomic E-state index is 0.180. The zero-order chi connectivity index (χ0) is 15.2. The molecule has 1 saturated heterocycles. The molecular weight excluding hydrogens is 262 g/mol. The van der Waals surface area contributed by atoms with E-state index in [0.717, 1.165) is 30.9 Å². The van der Waals surface area contributed by atoms with Crippen molar-refractivity contribution in [3.05, 3.63) is 23.8 Å². The van der Waals surface area contributed by atoms with Gasteiger partial charge in [0.2, 0.25) is 0 Å². The average Bonchev–Trinajstić information content (AvgIpc) is 2.98. The molecular formula is C17H29N3O. The van der Waals surface area contributed by atoms with Gasteiger partial charge in [0.1, 0.15) is 5.75 Å². The number of aromatic hydroxyl groups is 1. The SMILES string of the molecule is CCNC(C)c1ccc(N(C)CCN2CCCC2)cc1O. The summed E-state index contributed by atoms with van der Waals surface area (Å²) in [5.74, 6) is 0.383. The number of phenols is 1. The van der Waals surface area contributed by atoms with E-state index in [1.165, 1.54) is 25.9 Å². The summed E-state index contributed by atoms with van der Waals surface area (Å²) in [4.78, 5) is 4.73. The first-order valence-corrected chi connectivity index (χ1v) is 8.11. The third-order valence-corrected chi connectivity index (χ3v) is 4.38. The molecule has 118 valence electrons. The van der Waals surface area contributed by atoms with E-state index in [9.17, 15) is 5.11 Å². The van der Waals surface area contributed by atoms with Crippen LogP contribution < -0.4 is 10.2 Å². The number of likely N-dealkylation sites (N-methyl/N-ethyl adjacent to an activating group) is 1. The zero-order valence-electron chi connectivity index (χ0n) is 13.6. The number of anilines is 1. The summed E-state index contributed by atoms with van der Waals surface area (Å²) in [6.45, 7) is 9.63. The Hall–Kier alpha value is -1.26. The summed E-state index contributed by atoms with van der Waals surface area (Å²) in [5, 5.41) is 13.6. The van der Waals surface area contributed by atoms with Gasteiger partial charge in [-0.15, -0.1) is 0 Å². The first-order chi connectivity index (χ1) is 10.1. The van der Waals surface area contributed by atoms with Crippen LogP contribution in [0.2, 0.25) is 0 Å². The number of rotatable bonds is 7. The summed E-state index contributed by atoms with van der Waals surface area (Å²) in [5.41, 5.74) is 2.05. The Balaban J connectivity index is 1.94. The Kier molecular flexibility index (Phi) is 5.88. The van der Waals surface area contributed by atoms with Crippen molar-refractivity contribution in [2.45, 2.75) is 32.7 Å². The third kappa shape index (κ3) is 4.35. The predicted molar refractivity (Wildman–Crippen MR) is 89.1 cm³/mol. The number of nitrogens with zero attached hydrogens (tertiary/aromatic N) is 2. The summed E-state index contributed by atoms with van der Waals surface area (Å²) in [7, 11) is 2.10. The molecule has 0 amide bonds. The van der Waals surface area contributed by atoms with Crippen LogP contribution in [0.1, 0.15) is 38.3 Å². The van der Waals surface area contributed by atoms with Crippen LogP contribution in [-0.4, -0.2) is 49.8 Å². The molecule has 1 fully saturated rings. The maximum atomic E-state index is 10.2. The van der Waals surface area contributed by atoms with Crippen molar-refractivity contribution >= 4 is 5.69 Å². The van der Waals surface area contributed by atoms with Gasteiger partial charge in [0.25, 0.3) is 0 Å². The lowest BCUT2D eigenvalue weighted by atomic mass is 10.1. The van der Waals surface area contributed by atoms with E-state index >= 15 is 0 Å². The van der Waals surface area contributed by atoms with E-state index in [1.807, 2.05) is 12.1 Å². The molecule has 0 radical (unpaired) electrons. The van der Waals surface area contributed by atoms with Crippen molar-refractivity contribution in [1.29, 1.82) is 0 Å². The molecule has 1 aliphatic heterocycles. The van der Waals surface area contributed by atoms with Gasteiger partial charge in [-0.05, 0) is 45.5 Å². The average molecular weight is 291 g/mol. The van der Waals surface area contributed by atoms with Crippen LogP contribution in [0.3, 0.4) is 0 Å². The van der Waals surface area contributed by atoms with Crippen molar-refractivity contribution < 1.29 is 5.11 Å². The van der Waals surface area contributed by atoms with Crippen molar-refractivity contribution in [3.63, 3.8) is 0 Å². The number of likely N-dealkylation sites (tertiary alicyclic amines) is 1. The van der Waals surface area contributed by atoms with E-state index in [-0.39, 0.29) is 6.04 Å². The van der Waals surface area contributed by atoms with Crippen LogP contribution in [0.15, 0.2) is 18.2 Å². The molecule has 0 aromatic heterocycles. The highest BCUT2D eigenvalue weighted by Gasteiger charge is 2.14. The number of benzene rings is 1. The quantitative estimate of drug-likeness (QED) is 0.810. The molecule has 1 aliphatic rings. The summed E-state index contributed by atoms with van der Waals surface area (Å²) in [6.07, 6.45) is 2.67. The van der Waals surface area contributed by atoms with Crippen molar-refractivity contribution in [3.8, 4) is 5.75 Å². The molecule has 0 spiro atoms. The molecule has 1 unspecified atom stereocenters. The summed E-state index contributed by atoms with van der Waals surface area (Å²) < 4.78 is 0. The lowest BCUT2D eigenvalue weighted by molar-refractivity contribution is 0.346. The van der Waals surface area contributed by atoms with Gasteiger partial charge >= 0.3 is 0 Å². The topological polar surface area (TPSA) is 38.7 Å². The van der Waals surface area contributed by atoms with E-state index in [1.54, 1.807) is 0 Å². The zero-order valence-corrected chi connectivity index (χ0v) is 13.6. The predicted octanol–water partition coefficient (Wildman–Crippen LogP) is 2.59. The Morgan fingerprint density at radius 1 is 1.33 bits per heavy atom. The Labute approximate surface area is 128 Å². The number of nitrogens with one attached hydrogen (secondary N) is 1. The van der Waals surface area contributed by atoms with Crippen LogP contribution in [0.25, 0.3) is 0 Å². The lowest BCUT2D eigenvalue weighted by Gasteiger charge is -2.24. The molecule has 1 aromatic carbocycles. The first kappa shape index (κ1) is 16.1. The summed E-state index contributed by atoms with van der Waals surface area (Å²) in [6, 6.07) is 6.20. The van der Waals surface area contributed by atoms with Crippen molar-refractivity contribution in [2.24, 2.45) is 0 Å². The molecule has 0 bridgehead atoms. The Morgan fingerprint density at radius 2 is 2.05 bits per heavy atom. The molecule has 0 aliphatic carbocycles. The fourth-order valence-electron chi connectivity index (χ4n) is 2.98. The second-order valence-electron chi connectivity index (χ2n) is 5.99. The molecule has 21 heavy (non-hydrogen) atoms. The highest BCUT2D eigenvalue weighted by molar-refractivity contribution is 5.53. The highest BCUT2D eigenvalue weighted by atomic mass is 16.3. The Bertz CT molecular complexity index is 444. The van der Waals surface area contributed by atoms with Crippen LogP contribution in [-0.2, 0) is 0 Å². The van der Waals surface area contributed by atoms with Gasteiger partial charge in [0.05, 0.1) is 0 Å². The molecule has 4 nitrogen and oxygen atoms in total. The van der Waals surface area contributed by atoms with E-state index in [2.05, 4.69) is 42.1 Å². The van der Waals surface area contributed by atoms with Gasteiger partial charge < -0.3 is 20.2 Å². The van der Waals surface area contributed by atoms with Gasteiger partial charge in [-0.3, -0.25) is 0 Å². The first-order valence-electron chi connectivity index (χ1n) is 8.11. The molecule has 2 rings (SSSR count). The minimum Gasteiger partial charge on any atom is -0.508 e. The maximum absolute atomic E-state index is 10.2. The van der Waals surface area contributed by atoms with Crippen LogP contribution in [0, 0.1) is 0 Å². The molecule has 1 atom stereocenters. The standard InChI is InChI=1S/C17H29N3O/c1-4-18-14(2)16-8-7-15(13-17(16)21)19(3)11-12-20-9-5-6-10-20/h7-8,13-14,18,21H,4-6,9-12H2,1-3H3. The van der Waals surface area contributed by atoms with Crippen LogP contribution >= 0.6 is 0 Å². The third-order valence-electron chi connectivity index (χ3n) is 4.38. The molecule has 1 heterocycles. The van der Waals surface area contributed by atoms with E-state index in [4.69, 9.17) is 0 Å². The fourth-order valence-corrected chi connectivity index (χ4v) is 2.98. The normalized spacial score (nSPS) is 17.1. The maximum Gasteiger partial charge on any atom is 0.122 e. The van der Waals surface area contributed by atoms with Crippen molar-refractivity contribution in [1.82, 2.24) is 10.2 Å². The largest absolute Gasteiger partial charge is 0.508 e. The number of phenolic OH excluding ortho intramolecular Hbond substituents is 1. The molecule has 0 saturated carbocycles. The van der Waals surface area contributed by atoms with Crippen molar-refractivity contribution in [2.75, 3.05) is 44.7 Å². The van der Waals surface area contributed by atoms with Gasteiger partial charge in [-0.1, -0.05) is 13.0 Å². The lowest BCUT2D eigenvalue weighted by Crippen LogP contribution is -2.31. The van der Waals surface area contributed by atoms with Gasteiger partial charge in [0.15, 0.2) is 0 Å². The van der Waals surface area contributed by atoms with E-state index in [0.29, 0.717) is 5.75 Å². The second kappa shape index (κ2) is 7.66. The van der Waals surface area contributed by atoms with E-state index < -0.39 is 0 Å². The fraction of sp³-hybridized carbons (Fsp3) is 0.647. The number of hydrogen-bond donors (Lipinski definition) is 2. The van der Waals surface area contributed by atoms with Gasteiger partial charge in [0, 0.05) is 43.5 Å². The molecule has 1 aromatic rings. The number of hydrogen-bond acceptors (Lipinski definition) is 4. The monoisotopic (exact) mass is 291 g/mol. The molecule has 2 N–H and O–H groups in total. The summed E-state index contributed by atoms with van der Waals surface area (Å²) >= 11 is 0. The molecule has 4 heteroatoms. The van der Waals surface area contributed by atoms with Gasteiger partial charge in [-0.2, -0.15) is 0 Å². The van der Waals surface area contributed by atoms with Crippen LogP contribution in [0.4, 0.5) is 5.69 Å². The van der Waals surface area contributed by atoms with Crippen LogP contribution in [0.5, 0.6) is 5.75 Å².